The number of amides is 1. The summed E-state index contributed by atoms with van der Waals surface area (Å²) in [5.74, 6) is -0.896. The molecule has 0 aliphatic heterocycles. The molecule has 0 saturated heterocycles. The van der Waals surface area contributed by atoms with E-state index < -0.39 is 16.0 Å². The van der Waals surface area contributed by atoms with E-state index in [1.54, 1.807) is 13.8 Å². The monoisotopic (exact) mass is 380 g/mol. The molecule has 26 heavy (non-hydrogen) atoms. The van der Waals surface area contributed by atoms with E-state index in [1.807, 2.05) is 0 Å². The number of hydrogen-bond acceptors (Lipinski definition) is 6. The van der Waals surface area contributed by atoms with Crippen molar-refractivity contribution in [1.82, 2.24) is 9.78 Å². The van der Waals surface area contributed by atoms with Gasteiger partial charge in [0.25, 0.3) is 10.0 Å². The van der Waals surface area contributed by atoms with Crippen LogP contribution >= 0.6 is 0 Å². The molecule has 2 aromatic rings. The third kappa shape index (κ3) is 4.20. The van der Waals surface area contributed by atoms with E-state index in [-0.39, 0.29) is 28.8 Å². The van der Waals surface area contributed by atoms with Crippen LogP contribution in [0.25, 0.3) is 0 Å². The van der Waals surface area contributed by atoms with E-state index in [2.05, 4.69) is 15.1 Å². The van der Waals surface area contributed by atoms with Gasteiger partial charge in [0, 0.05) is 19.7 Å². The second kappa shape index (κ2) is 7.56. The summed E-state index contributed by atoms with van der Waals surface area (Å²) in [4.78, 5) is 23.1. The highest BCUT2D eigenvalue weighted by Crippen LogP contribution is 2.24. The number of aromatic nitrogens is 2. The molecule has 0 atom stereocenters. The highest BCUT2D eigenvalue weighted by molar-refractivity contribution is 7.92. The Kier molecular flexibility index (Phi) is 5.66. The maximum absolute atomic E-state index is 12.6. The van der Waals surface area contributed by atoms with Crippen LogP contribution in [0.3, 0.4) is 0 Å². The lowest BCUT2D eigenvalue weighted by molar-refractivity contribution is -0.114. The Balaban J connectivity index is 2.35. The molecule has 0 radical (unpaired) electrons. The summed E-state index contributed by atoms with van der Waals surface area (Å²) in [6.07, 6.45) is 0. The smallest absolute Gasteiger partial charge is 0.343 e. The average molecular weight is 380 g/mol. The summed E-state index contributed by atoms with van der Waals surface area (Å²) >= 11 is 0. The van der Waals surface area contributed by atoms with Crippen molar-refractivity contribution in [1.29, 1.82) is 0 Å². The molecule has 0 aliphatic carbocycles. The largest absolute Gasteiger partial charge is 0.462 e. The molecule has 1 aromatic carbocycles. The van der Waals surface area contributed by atoms with Gasteiger partial charge in [-0.2, -0.15) is 5.10 Å². The summed E-state index contributed by atoms with van der Waals surface area (Å²) < 4.78 is 33.9. The fraction of sp³-hybridized carbons (Fsp3) is 0.312. The number of nitrogens with one attached hydrogen (secondary N) is 2. The van der Waals surface area contributed by atoms with Crippen molar-refractivity contribution in [2.75, 3.05) is 16.6 Å². The zero-order valence-electron chi connectivity index (χ0n) is 14.9. The third-order valence-corrected chi connectivity index (χ3v) is 4.77. The number of esters is 1. The van der Waals surface area contributed by atoms with Gasteiger partial charge in [-0.15, -0.1) is 0 Å². The van der Waals surface area contributed by atoms with Gasteiger partial charge in [0.2, 0.25) is 5.91 Å². The second-order valence-electron chi connectivity index (χ2n) is 5.46. The van der Waals surface area contributed by atoms with Crippen molar-refractivity contribution < 1.29 is 22.7 Å². The van der Waals surface area contributed by atoms with Crippen molar-refractivity contribution in [2.24, 2.45) is 7.05 Å². The summed E-state index contributed by atoms with van der Waals surface area (Å²) in [5, 5.41) is 6.63. The van der Waals surface area contributed by atoms with E-state index in [9.17, 15) is 18.0 Å². The number of rotatable bonds is 6. The first-order valence-corrected chi connectivity index (χ1v) is 9.25. The number of anilines is 2. The summed E-state index contributed by atoms with van der Waals surface area (Å²) in [5.41, 5.74) is 0.887. The van der Waals surface area contributed by atoms with Crippen LogP contribution < -0.4 is 10.0 Å². The Labute approximate surface area is 151 Å². The van der Waals surface area contributed by atoms with Gasteiger partial charge in [-0.05, 0) is 38.1 Å². The van der Waals surface area contributed by atoms with Gasteiger partial charge in [-0.25, -0.2) is 13.2 Å². The molecule has 0 unspecified atom stereocenters. The van der Waals surface area contributed by atoms with Crippen LogP contribution in [0.15, 0.2) is 29.2 Å². The van der Waals surface area contributed by atoms with Crippen molar-refractivity contribution >= 4 is 33.4 Å². The molecule has 0 aliphatic rings. The molecule has 10 heteroatoms. The van der Waals surface area contributed by atoms with Crippen molar-refractivity contribution in [3.63, 3.8) is 0 Å². The molecule has 1 amide bonds. The van der Waals surface area contributed by atoms with Gasteiger partial charge in [0.05, 0.1) is 17.2 Å². The van der Waals surface area contributed by atoms with Gasteiger partial charge in [-0.3, -0.25) is 14.2 Å². The molecule has 0 saturated carbocycles. The number of carbonyl (C=O) groups is 2. The fourth-order valence-corrected chi connectivity index (χ4v) is 3.43. The van der Waals surface area contributed by atoms with Gasteiger partial charge in [-0.1, -0.05) is 0 Å². The van der Waals surface area contributed by atoms with Crippen LogP contribution in [0.2, 0.25) is 0 Å². The minimum atomic E-state index is -3.97. The lowest BCUT2D eigenvalue weighted by Gasteiger charge is -2.11. The number of benzene rings is 1. The fourth-order valence-electron chi connectivity index (χ4n) is 2.33. The Bertz CT molecular complexity index is 932. The first-order chi connectivity index (χ1) is 12.2. The Morgan fingerprint density at radius 3 is 2.38 bits per heavy atom. The van der Waals surface area contributed by atoms with Gasteiger partial charge < -0.3 is 10.1 Å². The predicted octanol–water partition coefficient (Wildman–Crippen LogP) is 1.66. The minimum absolute atomic E-state index is 0.0203. The topological polar surface area (TPSA) is 119 Å². The number of hydrogen-bond donors (Lipinski definition) is 2. The first-order valence-electron chi connectivity index (χ1n) is 7.77. The number of aryl methyl sites for hydroxylation is 2. The quantitative estimate of drug-likeness (QED) is 0.736. The molecule has 2 N–H and O–H groups in total. The molecular weight excluding hydrogens is 360 g/mol. The van der Waals surface area contributed by atoms with Crippen LogP contribution in [-0.2, 0) is 26.6 Å². The molecule has 1 heterocycles. The normalized spacial score (nSPS) is 11.1. The van der Waals surface area contributed by atoms with Crippen molar-refractivity contribution in [2.45, 2.75) is 25.7 Å². The van der Waals surface area contributed by atoms with Crippen LogP contribution in [-0.4, -0.2) is 36.7 Å². The molecule has 0 spiro atoms. The molecule has 140 valence electrons. The van der Waals surface area contributed by atoms with E-state index in [0.29, 0.717) is 11.4 Å². The van der Waals surface area contributed by atoms with E-state index in [0.717, 1.165) is 0 Å². The van der Waals surface area contributed by atoms with Crippen molar-refractivity contribution in [3.05, 3.63) is 35.5 Å². The van der Waals surface area contributed by atoms with Gasteiger partial charge >= 0.3 is 5.97 Å². The molecule has 2 rings (SSSR count). The lowest BCUT2D eigenvalue weighted by Crippen LogP contribution is -2.18. The Morgan fingerprint density at radius 1 is 1.23 bits per heavy atom. The third-order valence-electron chi connectivity index (χ3n) is 3.42. The Hall–Kier alpha value is -2.88. The molecule has 9 nitrogen and oxygen atoms in total. The second-order valence-corrected chi connectivity index (χ2v) is 7.15. The van der Waals surface area contributed by atoms with E-state index in [4.69, 9.17) is 4.74 Å². The number of nitrogens with zero attached hydrogens (tertiary/aromatic N) is 2. The maximum atomic E-state index is 12.6. The number of ether oxygens (including phenoxy) is 1. The van der Waals surface area contributed by atoms with Crippen molar-refractivity contribution in [3.8, 4) is 0 Å². The van der Waals surface area contributed by atoms with E-state index >= 15 is 0 Å². The van der Waals surface area contributed by atoms with E-state index in [1.165, 1.54) is 42.9 Å². The van der Waals surface area contributed by atoms with Crippen LogP contribution in [0, 0.1) is 6.92 Å². The lowest BCUT2D eigenvalue weighted by atomic mass is 10.2. The Morgan fingerprint density at radius 2 is 1.85 bits per heavy atom. The van der Waals surface area contributed by atoms with Gasteiger partial charge in [0.1, 0.15) is 5.56 Å². The standard InChI is InChI=1S/C16H20N4O5S/c1-5-25-16(22)14-10(2)18-20(4)15(14)19-26(23,24)13-8-6-12(7-9-13)17-11(3)21/h6-9,19H,5H2,1-4H3,(H,17,21). The molecular formula is C16H20N4O5S. The average Bonchev–Trinajstić information content (AvgIpc) is 2.81. The predicted molar refractivity (Wildman–Crippen MR) is 95.5 cm³/mol. The summed E-state index contributed by atoms with van der Waals surface area (Å²) in [7, 11) is -2.45. The number of carbonyl (C=O) groups excluding carboxylic acids is 2. The zero-order valence-corrected chi connectivity index (χ0v) is 15.7. The SMILES string of the molecule is CCOC(=O)c1c(C)nn(C)c1NS(=O)(=O)c1ccc(NC(C)=O)cc1. The van der Waals surface area contributed by atoms with Crippen LogP contribution in [0.1, 0.15) is 29.9 Å². The molecule has 0 fully saturated rings. The van der Waals surface area contributed by atoms with Crippen LogP contribution in [0.5, 0.6) is 0 Å². The summed E-state index contributed by atoms with van der Waals surface area (Å²) in [6, 6.07) is 5.63. The minimum Gasteiger partial charge on any atom is -0.462 e. The highest BCUT2D eigenvalue weighted by atomic mass is 32.2. The molecule has 0 bridgehead atoms. The molecule has 1 aromatic heterocycles. The summed E-state index contributed by atoms with van der Waals surface area (Å²) in [6.45, 7) is 4.76. The maximum Gasteiger partial charge on any atom is 0.343 e. The van der Waals surface area contributed by atoms with Crippen LogP contribution in [0.4, 0.5) is 11.5 Å². The number of sulfonamides is 1. The van der Waals surface area contributed by atoms with Gasteiger partial charge in [0.15, 0.2) is 5.82 Å². The zero-order chi connectivity index (χ0) is 19.5. The first kappa shape index (κ1) is 19.4. The highest BCUT2D eigenvalue weighted by Gasteiger charge is 2.25.